The number of allylic oxidation sites excluding steroid dienone is 2. The van der Waals surface area contributed by atoms with Crippen molar-refractivity contribution in [3.8, 4) is 0 Å². The van der Waals surface area contributed by atoms with Gasteiger partial charge in [-0.2, -0.15) is 0 Å². The Kier molecular flexibility index (Phi) is 4.00. The first-order valence-corrected chi connectivity index (χ1v) is 6.18. The zero-order chi connectivity index (χ0) is 13.8. The molecule has 1 aromatic rings. The summed E-state index contributed by atoms with van der Waals surface area (Å²) in [5.41, 5.74) is 2.41. The summed E-state index contributed by atoms with van der Waals surface area (Å²) >= 11 is 0. The van der Waals surface area contributed by atoms with Crippen molar-refractivity contribution in [2.75, 3.05) is 14.2 Å². The van der Waals surface area contributed by atoms with Crippen molar-refractivity contribution in [3.05, 3.63) is 41.0 Å². The van der Waals surface area contributed by atoms with Gasteiger partial charge in [-0.3, -0.25) is 0 Å². The topological polar surface area (TPSA) is 52.6 Å². The SMILES string of the molecule is COC(=O)c1cccc(C2=CCCC2)c1C(=O)OC. The number of benzene rings is 1. The second kappa shape index (κ2) is 5.69. The van der Waals surface area contributed by atoms with E-state index in [-0.39, 0.29) is 5.56 Å². The summed E-state index contributed by atoms with van der Waals surface area (Å²) in [4.78, 5) is 23.7. The van der Waals surface area contributed by atoms with Crippen LogP contribution in [0.4, 0.5) is 0 Å². The van der Waals surface area contributed by atoms with Crippen LogP contribution in [0, 0.1) is 0 Å². The maximum atomic E-state index is 12.0. The van der Waals surface area contributed by atoms with Gasteiger partial charge in [0.1, 0.15) is 0 Å². The third-order valence-corrected chi connectivity index (χ3v) is 3.25. The summed E-state index contributed by atoms with van der Waals surface area (Å²) < 4.78 is 9.52. The summed E-state index contributed by atoms with van der Waals surface area (Å²) in [5.74, 6) is -1.04. The molecule has 0 saturated carbocycles. The summed E-state index contributed by atoms with van der Waals surface area (Å²) in [6.07, 6.45) is 5.08. The largest absolute Gasteiger partial charge is 0.465 e. The van der Waals surface area contributed by atoms with E-state index in [1.165, 1.54) is 14.2 Å². The normalized spacial score (nSPS) is 13.9. The molecular formula is C15H16O4. The molecule has 0 aromatic heterocycles. The molecular weight excluding hydrogens is 244 g/mol. The van der Waals surface area contributed by atoms with Crippen molar-refractivity contribution in [1.82, 2.24) is 0 Å². The second-order valence-corrected chi connectivity index (χ2v) is 4.33. The van der Waals surface area contributed by atoms with Gasteiger partial charge in [0.25, 0.3) is 0 Å². The van der Waals surface area contributed by atoms with E-state index in [0.717, 1.165) is 30.4 Å². The number of methoxy groups -OCH3 is 2. The monoisotopic (exact) mass is 260 g/mol. The Morgan fingerprint density at radius 2 is 1.84 bits per heavy atom. The fourth-order valence-corrected chi connectivity index (χ4v) is 2.34. The first-order valence-electron chi connectivity index (χ1n) is 6.18. The Morgan fingerprint density at radius 3 is 2.42 bits per heavy atom. The molecule has 100 valence electrons. The average Bonchev–Trinajstić information content (AvgIpc) is 2.98. The van der Waals surface area contributed by atoms with Gasteiger partial charge in [-0.05, 0) is 36.5 Å². The van der Waals surface area contributed by atoms with Crippen molar-refractivity contribution in [3.63, 3.8) is 0 Å². The molecule has 4 heteroatoms. The van der Waals surface area contributed by atoms with Gasteiger partial charge in [0.15, 0.2) is 0 Å². The van der Waals surface area contributed by atoms with E-state index in [4.69, 9.17) is 9.47 Å². The highest BCUT2D eigenvalue weighted by atomic mass is 16.5. The molecule has 0 amide bonds. The van der Waals surface area contributed by atoms with Crippen LogP contribution in [0.15, 0.2) is 24.3 Å². The number of carbonyl (C=O) groups is 2. The standard InChI is InChI=1S/C15H16O4/c1-18-14(16)12-9-5-8-11(10-6-3-4-7-10)13(12)15(17)19-2/h5-6,8-9H,3-4,7H2,1-2H3. The molecule has 1 aromatic carbocycles. The fraction of sp³-hybridized carbons (Fsp3) is 0.333. The zero-order valence-electron chi connectivity index (χ0n) is 11.1. The molecule has 0 N–H and O–H groups in total. The molecule has 0 spiro atoms. The summed E-state index contributed by atoms with van der Waals surface area (Å²) in [5, 5.41) is 0. The molecule has 1 aliphatic carbocycles. The number of ether oxygens (including phenoxy) is 2. The number of carbonyl (C=O) groups excluding carboxylic acids is 2. The molecule has 0 unspecified atom stereocenters. The predicted molar refractivity (Wildman–Crippen MR) is 70.9 cm³/mol. The molecule has 0 atom stereocenters. The quantitative estimate of drug-likeness (QED) is 0.784. The molecule has 0 bridgehead atoms. The number of rotatable bonds is 3. The van der Waals surface area contributed by atoms with Crippen LogP contribution in [-0.4, -0.2) is 26.2 Å². The van der Waals surface area contributed by atoms with Crippen molar-refractivity contribution >= 4 is 17.5 Å². The third kappa shape index (κ3) is 2.52. The van der Waals surface area contributed by atoms with Crippen LogP contribution in [-0.2, 0) is 9.47 Å². The summed E-state index contributed by atoms with van der Waals surface area (Å²) in [6.45, 7) is 0. The number of esters is 2. The van der Waals surface area contributed by atoms with E-state index >= 15 is 0 Å². The van der Waals surface area contributed by atoms with Crippen molar-refractivity contribution < 1.29 is 19.1 Å². The van der Waals surface area contributed by atoms with Gasteiger partial charge >= 0.3 is 11.9 Å². The van der Waals surface area contributed by atoms with Gasteiger partial charge in [0.2, 0.25) is 0 Å². The van der Waals surface area contributed by atoms with Crippen LogP contribution in [0.2, 0.25) is 0 Å². The molecule has 19 heavy (non-hydrogen) atoms. The maximum absolute atomic E-state index is 12.0. The molecule has 4 nitrogen and oxygen atoms in total. The lowest BCUT2D eigenvalue weighted by atomic mass is 9.95. The molecule has 1 aliphatic rings. The van der Waals surface area contributed by atoms with Gasteiger partial charge < -0.3 is 9.47 Å². The van der Waals surface area contributed by atoms with Crippen molar-refractivity contribution in [2.45, 2.75) is 19.3 Å². The minimum Gasteiger partial charge on any atom is -0.465 e. The van der Waals surface area contributed by atoms with E-state index in [9.17, 15) is 9.59 Å². The van der Waals surface area contributed by atoms with Gasteiger partial charge in [-0.25, -0.2) is 9.59 Å². The van der Waals surface area contributed by atoms with Crippen LogP contribution in [0.5, 0.6) is 0 Å². The Labute approximate surface area is 112 Å². The Hall–Kier alpha value is -2.10. The number of hydrogen-bond acceptors (Lipinski definition) is 4. The summed E-state index contributed by atoms with van der Waals surface area (Å²) in [6, 6.07) is 5.18. The molecule has 2 rings (SSSR count). The average molecular weight is 260 g/mol. The van der Waals surface area contributed by atoms with Gasteiger partial charge in [-0.1, -0.05) is 18.2 Å². The van der Waals surface area contributed by atoms with E-state index < -0.39 is 11.9 Å². The third-order valence-electron chi connectivity index (χ3n) is 3.25. The molecule has 0 aliphatic heterocycles. The Balaban J connectivity index is 2.59. The molecule has 0 fully saturated rings. The lowest BCUT2D eigenvalue weighted by molar-refractivity contribution is 0.0555. The summed E-state index contributed by atoms with van der Waals surface area (Å²) in [7, 11) is 2.61. The fourth-order valence-electron chi connectivity index (χ4n) is 2.34. The smallest absolute Gasteiger partial charge is 0.339 e. The van der Waals surface area contributed by atoms with E-state index in [1.807, 2.05) is 6.07 Å². The molecule has 0 radical (unpaired) electrons. The highest BCUT2D eigenvalue weighted by Crippen LogP contribution is 2.31. The van der Waals surface area contributed by atoms with E-state index in [2.05, 4.69) is 6.08 Å². The van der Waals surface area contributed by atoms with Crippen LogP contribution in [0.3, 0.4) is 0 Å². The van der Waals surface area contributed by atoms with E-state index in [1.54, 1.807) is 12.1 Å². The van der Waals surface area contributed by atoms with Gasteiger partial charge in [-0.15, -0.1) is 0 Å². The molecule has 0 saturated heterocycles. The van der Waals surface area contributed by atoms with Crippen molar-refractivity contribution in [2.24, 2.45) is 0 Å². The van der Waals surface area contributed by atoms with Crippen LogP contribution < -0.4 is 0 Å². The predicted octanol–water partition coefficient (Wildman–Crippen LogP) is 2.83. The minimum absolute atomic E-state index is 0.250. The Bertz CT molecular complexity index is 543. The van der Waals surface area contributed by atoms with Gasteiger partial charge in [0.05, 0.1) is 25.3 Å². The van der Waals surface area contributed by atoms with Crippen molar-refractivity contribution in [1.29, 1.82) is 0 Å². The molecule has 0 heterocycles. The van der Waals surface area contributed by atoms with Crippen LogP contribution >= 0.6 is 0 Å². The van der Waals surface area contributed by atoms with Gasteiger partial charge in [0, 0.05) is 0 Å². The first-order chi connectivity index (χ1) is 9.19. The highest BCUT2D eigenvalue weighted by Gasteiger charge is 2.24. The van der Waals surface area contributed by atoms with Crippen LogP contribution in [0.1, 0.15) is 45.5 Å². The zero-order valence-corrected chi connectivity index (χ0v) is 11.1. The maximum Gasteiger partial charge on any atom is 0.339 e. The minimum atomic E-state index is -0.527. The lowest BCUT2D eigenvalue weighted by Gasteiger charge is -2.12. The second-order valence-electron chi connectivity index (χ2n) is 4.33. The van der Waals surface area contributed by atoms with E-state index in [0.29, 0.717) is 5.56 Å². The number of hydrogen-bond donors (Lipinski definition) is 0. The Morgan fingerprint density at radius 1 is 1.11 bits per heavy atom. The lowest BCUT2D eigenvalue weighted by Crippen LogP contribution is -2.14. The first kappa shape index (κ1) is 13.3. The highest BCUT2D eigenvalue weighted by molar-refractivity contribution is 6.06. The van der Waals surface area contributed by atoms with Crippen LogP contribution in [0.25, 0.3) is 5.57 Å².